The summed E-state index contributed by atoms with van der Waals surface area (Å²) in [5.41, 5.74) is 5.27. The first-order valence-corrected chi connectivity index (χ1v) is 9.64. The van der Waals surface area contributed by atoms with Gasteiger partial charge in [-0.25, -0.2) is 0 Å². The molecule has 0 aromatic rings. The molecule has 3 nitrogen and oxygen atoms in total. The van der Waals surface area contributed by atoms with Crippen LogP contribution in [-0.2, 0) is 4.79 Å². The molecule has 0 rings (SSSR count). The maximum atomic E-state index is 12.8. The van der Waals surface area contributed by atoms with E-state index in [2.05, 4.69) is 39.3 Å². The van der Waals surface area contributed by atoms with E-state index in [1.54, 1.807) is 0 Å². The van der Waals surface area contributed by atoms with Crippen LogP contribution in [0.5, 0.6) is 0 Å². The predicted molar refractivity (Wildman–Crippen MR) is 98.9 cm³/mol. The second-order valence-corrected chi connectivity index (χ2v) is 7.44. The van der Waals surface area contributed by atoms with Gasteiger partial charge in [-0.15, -0.1) is 0 Å². The van der Waals surface area contributed by atoms with Crippen LogP contribution in [0.25, 0.3) is 0 Å². The molecule has 0 fully saturated rings. The molecule has 21 heavy (non-hydrogen) atoms. The summed E-state index contributed by atoms with van der Waals surface area (Å²) in [6, 6.07) is 0. The van der Waals surface area contributed by atoms with Crippen molar-refractivity contribution in [2.45, 2.75) is 71.0 Å². The lowest BCUT2D eigenvalue weighted by atomic mass is 9.78. The molecular weight excluding hydrogens is 300 g/mol. The molecule has 0 bridgehead atoms. The summed E-state index contributed by atoms with van der Waals surface area (Å²) < 4.78 is 0.107. The fraction of sp³-hybridized carbons (Fsp3) is 0.875. The Labute approximate surface area is 140 Å². The van der Waals surface area contributed by atoms with Crippen molar-refractivity contribution in [1.29, 1.82) is 0 Å². The Morgan fingerprint density at radius 1 is 1.14 bits per heavy atom. The highest BCUT2D eigenvalue weighted by Crippen LogP contribution is 2.33. The Hall–Kier alpha value is -0.290. The van der Waals surface area contributed by atoms with Crippen LogP contribution in [0.2, 0.25) is 0 Å². The number of carbonyl (C=O) groups is 1. The van der Waals surface area contributed by atoms with Gasteiger partial charge in [0.15, 0.2) is 0 Å². The van der Waals surface area contributed by atoms with Crippen LogP contribution >= 0.6 is 24.0 Å². The summed E-state index contributed by atoms with van der Waals surface area (Å²) in [4.78, 5) is 13.1. The van der Waals surface area contributed by atoms with E-state index in [0.29, 0.717) is 11.5 Å². The number of carbonyl (C=O) groups excluding carboxylic acids is 1. The predicted octanol–water partition coefficient (Wildman–Crippen LogP) is 3.90. The van der Waals surface area contributed by atoms with Crippen molar-refractivity contribution in [3.63, 3.8) is 0 Å². The second-order valence-electron chi connectivity index (χ2n) is 5.72. The lowest BCUT2D eigenvalue weighted by Crippen LogP contribution is -2.51. The van der Waals surface area contributed by atoms with Gasteiger partial charge in [0, 0.05) is 11.3 Å². The van der Waals surface area contributed by atoms with Gasteiger partial charge in [0.2, 0.25) is 5.91 Å². The van der Waals surface area contributed by atoms with Crippen LogP contribution < -0.4 is 11.1 Å². The second kappa shape index (κ2) is 9.67. The Morgan fingerprint density at radius 3 is 1.90 bits per heavy atom. The van der Waals surface area contributed by atoms with E-state index in [1.165, 1.54) is 0 Å². The van der Waals surface area contributed by atoms with Gasteiger partial charge in [-0.3, -0.25) is 4.79 Å². The highest BCUT2D eigenvalue weighted by molar-refractivity contribution is 8.00. The van der Waals surface area contributed by atoms with E-state index in [0.717, 1.165) is 38.5 Å². The third kappa shape index (κ3) is 5.13. The molecule has 124 valence electrons. The Morgan fingerprint density at radius 2 is 1.62 bits per heavy atom. The first-order chi connectivity index (χ1) is 9.87. The molecule has 0 atom stereocenters. The largest absolute Gasteiger partial charge is 0.392 e. The normalized spacial score (nSPS) is 12.2. The highest BCUT2D eigenvalue weighted by atomic mass is 32.2. The van der Waals surface area contributed by atoms with Crippen LogP contribution in [0.4, 0.5) is 0 Å². The maximum Gasteiger partial charge on any atom is 0.233 e. The molecule has 0 aliphatic rings. The van der Waals surface area contributed by atoms with Crippen LogP contribution in [0.15, 0.2) is 0 Å². The molecule has 0 saturated heterocycles. The van der Waals surface area contributed by atoms with E-state index in [1.807, 2.05) is 11.8 Å². The fourth-order valence-corrected chi connectivity index (χ4v) is 3.93. The van der Waals surface area contributed by atoms with Crippen molar-refractivity contribution < 1.29 is 4.79 Å². The van der Waals surface area contributed by atoms with Crippen molar-refractivity contribution in [2.24, 2.45) is 11.1 Å². The zero-order valence-corrected chi connectivity index (χ0v) is 15.9. The molecule has 0 aliphatic carbocycles. The van der Waals surface area contributed by atoms with E-state index >= 15 is 0 Å². The number of thioether (sulfide) groups is 1. The average molecular weight is 333 g/mol. The Kier molecular flexibility index (Phi) is 9.54. The smallest absolute Gasteiger partial charge is 0.233 e. The lowest BCUT2D eigenvalue weighted by Gasteiger charge is -2.35. The number of amides is 1. The van der Waals surface area contributed by atoms with Gasteiger partial charge in [-0.05, 0) is 31.9 Å². The van der Waals surface area contributed by atoms with Gasteiger partial charge in [0.25, 0.3) is 0 Å². The molecule has 0 saturated carbocycles. The summed E-state index contributed by atoms with van der Waals surface area (Å²) in [5, 5.41) is 3.14. The molecule has 5 heteroatoms. The monoisotopic (exact) mass is 332 g/mol. The molecule has 0 aromatic carbocycles. The van der Waals surface area contributed by atoms with Crippen LogP contribution in [0.1, 0.15) is 66.2 Å². The summed E-state index contributed by atoms with van der Waals surface area (Å²) in [6.45, 7) is 9.16. The molecule has 1 amide bonds. The summed E-state index contributed by atoms with van der Waals surface area (Å²) in [7, 11) is 0. The minimum atomic E-state index is -0.676. The van der Waals surface area contributed by atoms with E-state index in [4.69, 9.17) is 18.0 Å². The molecule has 0 unspecified atom stereocenters. The Bertz CT molecular complexity index is 327. The number of nitrogens with two attached hydrogens (primary N) is 1. The molecule has 0 heterocycles. The number of hydrogen-bond donors (Lipinski definition) is 2. The molecule has 3 N–H and O–H groups in total. The first kappa shape index (κ1) is 20.7. The van der Waals surface area contributed by atoms with E-state index in [-0.39, 0.29) is 10.7 Å². The quantitative estimate of drug-likeness (QED) is 0.564. The molecule has 0 aromatic heterocycles. The van der Waals surface area contributed by atoms with Crippen molar-refractivity contribution in [1.82, 2.24) is 5.32 Å². The van der Waals surface area contributed by atoms with E-state index in [9.17, 15) is 4.79 Å². The zero-order chi connectivity index (χ0) is 16.5. The zero-order valence-electron chi connectivity index (χ0n) is 14.3. The number of hydrogen-bond acceptors (Lipinski definition) is 3. The SMILES string of the molecule is CCCC(CCC)(C(=O)NCC(CC)(CC)SC)C(N)=S. The number of nitrogens with one attached hydrogen (secondary N) is 1. The highest BCUT2D eigenvalue weighted by Gasteiger charge is 2.40. The van der Waals surface area contributed by atoms with E-state index < -0.39 is 5.41 Å². The van der Waals surface area contributed by atoms with Gasteiger partial charge < -0.3 is 11.1 Å². The lowest BCUT2D eigenvalue weighted by molar-refractivity contribution is -0.128. The van der Waals surface area contributed by atoms with Gasteiger partial charge in [0.1, 0.15) is 0 Å². The maximum absolute atomic E-state index is 12.8. The van der Waals surface area contributed by atoms with Gasteiger partial charge in [0.05, 0.1) is 10.4 Å². The van der Waals surface area contributed by atoms with Crippen LogP contribution in [0, 0.1) is 5.41 Å². The first-order valence-electron chi connectivity index (χ1n) is 8.01. The van der Waals surface area contributed by atoms with Gasteiger partial charge in [-0.2, -0.15) is 11.8 Å². The average Bonchev–Trinajstić information content (AvgIpc) is 2.48. The molecule has 0 radical (unpaired) electrons. The van der Waals surface area contributed by atoms with Crippen LogP contribution in [0.3, 0.4) is 0 Å². The standard InChI is InChI=1S/C16H32N2OS2/c1-6-10-16(11-7-2,13(17)20)14(19)18-12-15(8-3,9-4)21-5/h6-12H2,1-5H3,(H2,17,20)(H,18,19). The van der Waals surface area contributed by atoms with Crippen molar-refractivity contribution in [3.8, 4) is 0 Å². The van der Waals surface area contributed by atoms with Crippen molar-refractivity contribution in [2.75, 3.05) is 12.8 Å². The topological polar surface area (TPSA) is 55.1 Å². The number of thiocarbonyl (C=S) groups is 1. The summed E-state index contributed by atoms with van der Waals surface area (Å²) in [5.74, 6) is 0.0130. The molecular formula is C16H32N2OS2. The minimum absolute atomic E-state index is 0.0130. The van der Waals surface area contributed by atoms with Gasteiger partial charge in [-0.1, -0.05) is 52.8 Å². The van der Waals surface area contributed by atoms with Crippen molar-refractivity contribution >= 4 is 34.9 Å². The molecule has 0 aliphatic heterocycles. The fourth-order valence-electron chi connectivity index (χ4n) is 2.84. The van der Waals surface area contributed by atoms with Crippen LogP contribution in [-0.4, -0.2) is 28.4 Å². The van der Waals surface area contributed by atoms with Gasteiger partial charge >= 0.3 is 0 Å². The summed E-state index contributed by atoms with van der Waals surface area (Å²) in [6.07, 6.45) is 7.44. The minimum Gasteiger partial charge on any atom is -0.392 e. The van der Waals surface area contributed by atoms with Crippen molar-refractivity contribution in [3.05, 3.63) is 0 Å². The summed E-state index contributed by atoms with van der Waals surface area (Å²) >= 11 is 7.07. The third-order valence-electron chi connectivity index (χ3n) is 4.55. The number of rotatable bonds is 11. The Balaban J connectivity index is 5.10. The molecule has 0 spiro atoms. The third-order valence-corrected chi connectivity index (χ3v) is 6.53.